The van der Waals surface area contributed by atoms with Crippen molar-refractivity contribution in [3.05, 3.63) is 45.5 Å². The van der Waals surface area contributed by atoms with Crippen LogP contribution in [0, 0.1) is 16.7 Å². The molecule has 2 aromatic rings. The van der Waals surface area contributed by atoms with E-state index in [0.717, 1.165) is 15.8 Å². The average Bonchev–Trinajstić information content (AvgIpc) is 3.24. The van der Waals surface area contributed by atoms with Gasteiger partial charge in [0, 0.05) is 18.9 Å². The van der Waals surface area contributed by atoms with Crippen molar-refractivity contribution >= 4 is 40.9 Å². The summed E-state index contributed by atoms with van der Waals surface area (Å²) in [6.45, 7) is 8.00. The fourth-order valence-corrected chi connectivity index (χ4v) is 5.56. The first-order chi connectivity index (χ1) is 17.9. The molecule has 39 heavy (non-hydrogen) atoms. The molecule has 1 N–H and O–H groups in total. The number of carboxylic acid groups (broad SMARTS) is 1. The molecule has 1 amide bonds. The van der Waals surface area contributed by atoms with Gasteiger partial charge in [0.2, 0.25) is 0 Å². The van der Waals surface area contributed by atoms with Crippen LogP contribution in [0.15, 0.2) is 18.6 Å². The van der Waals surface area contributed by atoms with Gasteiger partial charge in [-0.1, -0.05) is 50.9 Å². The lowest BCUT2D eigenvalue weighted by Crippen LogP contribution is -2.42. The maximum absolute atomic E-state index is 14.4. The van der Waals surface area contributed by atoms with E-state index < -0.39 is 64.4 Å². The SMILES string of the molecule is C[C@H]1C[C@@H](n2ncc(C(=O)N(CC(=O)c3c(Cl)cncc3Cl)CC(C)(C)C)c2C(F)(F)F)CC[C@]1(C)C(=O)O. The Labute approximate surface area is 234 Å². The summed E-state index contributed by atoms with van der Waals surface area (Å²) < 4.78 is 44.1. The van der Waals surface area contributed by atoms with Gasteiger partial charge in [-0.25, -0.2) is 0 Å². The molecule has 13 heteroatoms. The Morgan fingerprint density at radius 1 is 1.15 bits per heavy atom. The first kappa shape index (κ1) is 30.9. The van der Waals surface area contributed by atoms with Gasteiger partial charge in [0.05, 0.1) is 45.4 Å². The zero-order valence-electron chi connectivity index (χ0n) is 22.3. The molecule has 3 atom stereocenters. The standard InChI is InChI=1S/C26H31Cl2F3N4O4/c1-14-8-15(6-7-25(14,5)23(38)39)35-21(26(29,30)31)16(9-33-35)22(37)34(13-24(2,3)4)12-19(36)20-17(27)10-32-11-18(20)28/h9-11,14-15H,6-8,12-13H2,1-5H3,(H,38,39)/t14-,15-,25-/m0/s1. The molecule has 0 saturated heterocycles. The first-order valence-corrected chi connectivity index (χ1v) is 13.1. The molecule has 0 radical (unpaired) electrons. The second-order valence-electron chi connectivity index (χ2n) is 11.5. The molecule has 0 aliphatic heterocycles. The van der Waals surface area contributed by atoms with E-state index in [1.165, 1.54) is 12.4 Å². The Hall–Kier alpha value is -2.66. The summed E-state index contributed by atoms with van der Waals surface area (Å²) >= 11 is 12.2. The van der Waals surface area contributed by atoms with Gasteiger partial charge < -0.3 is 10.0 Å². The van der Waals surface area contributed by atoms with Crippen LogP contribution in [0.3, 0.4) is 0 Å². The van der Waals surface area contributed by atoms with Gasteiger partial charge in [0.25, 0.3) is 5.91 Å². The van der Waals surface area contributed by atoms with Crippen molar-refractivity contribution in [1.29, 1.82) is 0 Å². The number of carboxylic acids is 1. The van der Waals surface area contributed by atoms with Crippen LogP contribution >= 0.6 is 23.2 Å². The molecule has 3 rings (SSSR count). The Morgan fingerprint density at radius 3 is 2.23 bits per heavy atom. The molecular formula is C26H31Cl2F3N4O4. The summed E-state index contributed by atoms with van der Waals surface area (Å²) in [5.41, 5.74) is -3.64. The zero-order valence-corrected chi connectivity index (χ0v) is 23.8. The predicted molar refractivity (Wildman–Crippen MR) is 139 cm³/mol. The second kappa shape index (κ2) is 11.1. The highest BCUT2D eigenvalue weighted by Gasteiger charge is 2.47. The average molecular weight is 591 g/mol. The molecule has 0 unspecified atom stereocenters. The molecule has 0 aromatic carbocycles. The van der Waals surface area contributed by atoms with E-state index in [1.54, 1.807) is 34.6 Å². The van der Waals surface area contributed by atoms with Gasteiger partial charge >= 0.3 is 12.1 Å². The predicted octanol–water partition coefficient (Wildman–Crippen LogP) is 6.43. The number of hydrogen-bond donors (Lipinski definition) is 1. The lowest BCUT2D eigenvalue weighted by atomic mass is 9.67. The molecule has 1 saturated carbocycles. The summed E-state index contributed by atoms with van der Waals surface area (Å²) in [4.78, 5) is 43.4. The van der Waals surface area contributed by atoms with Crippen molar-refractivity contribution < 1.29 is 32.7 Å². The van der Waals surface area contributed by atoms with Crippen LogP contribution < -0.4 is 0 Å². The molecule has 1 fully saturated rings. The molecule has 1 aliphatic rings. The third-order valence-corrected chi connectivity index (χ3v) is 7.83. The molecular weight excluding hydrogens is 560 g/mol. The Balaban J connectivity index is 2.01. The number of amides is 1. The number of rotatable bonds is 7. The molecule has 2 aromatic heterocycles. The summed E-state index contributed by atoms with van der Waals surface area (Å²) in [6, 6.07) is -0.752. The van der Waals surface area contributed by atoms with Crippen LogP contribution in [0.4, 0.5) is 13.2 Å². The molecule has 0 spiro atoms. The van der Waals surface area contributed by atoms with Crippen molar-refractivity contribution in [2.75, 3.05) is 13.1 Å². The minimum absolute atomic E-state index is 0.0424. The summed E-state index contributed by atoms with van der Waals surface area (Å²) in [7, 11) is 0. The normalized spacial score (nSPS) is 22.0. The fraction of sp³-hybridized carbons (Fsp3) is 0.577. The number of halogens is 5. The number of nitrogens with zero attached hydrogens (tertiary/aromatic N) is 4. The monoisotopic (exact) mass is 590 g/mol. The van der Waals surface area contributed by atoms with E-state index >= 15 is 0 Å². The number of ketones is 1. The van der Waals surface area contributed by atoms with E-state index in [4.69, 9.17) is 23.2 Å². The minimum Gasteiger partial charge on any atom is -0.481 e. The van der Waals surface area contributed by atoms with E-state index in [-0.39, 0.29) is 41.4 Å². The fourth-order valence-electron chi connectivity index (χ4n) is 4.99. The maximum atomic E-state index is 14.4. The van der Waals surface area contributed by atoms with Gasteiger partial charge in [0.15, 0.2) is 11.5 Å². The Kier molecular flexibility index (Phi) is 8.77. The van der Waals surface area contributed by atoms with Gasteiger partial charge in [-0.3, -0.25) is 24.0 Å². The summed E-state index contributed by atoms with van der Waals surface area (Å²) in [5.74, 6) is -3.10. The van der Waals surface area contributed by atoms with Crippen LogP contribution in [-0.4, -0.2) is 55.5 Å². The molecule has 2 heterocycles. The summed E-state index contributed by atoms with van der Waals surface area (Å²) in [6.07, 6.45) is -1.20. The number of carbonyl (C=O) groups excluding carboxylic acids is 2. The number of pyridine rings is 1. The smallest absolute Gasteiger partial charge is 0.433 e. The van der Waals surface area contributed by atoms with Crippen molar-refractivity contribution in [1.82, 2.24) is 19.7 Å². The van der Waals surface area contributed by atoms with Crippen LogP contribution in [0.2, 0.25) is 10.0 Å². The van der Waals surface area contributed by atoms with E-state index in [2.05, 4.69) is 10.1 Å². The third kappa shape index (κ3) is 6.57. The van der Waals surface area contributed by atoms with Crippen LogP contribution in [0.5, 0.6) is 0 Å². The highest BCUT2D eigenvalue weighted by atomic mass is 35.5. The van der Waals surface area contributed by atoms with E-state index in [1.807, 2.05) is 0 Å². The largest absolute Gasteiger partial charge is 0.481 e. The number of hydrogen-bond acceptors (Lipinski definition) is 5. The van der Waals surface area contributed by atoms with Gasteiger partial charge in [-0.15, -0.1) is 0 Å². The van der Waals surface area contributed by atoms with E-state index in [9.17, 15) is 32.7 Å². The Bertz CT molecular complexity index is 1250. The second-order valence-corrected chi connectivity index (χ2v) is 12.3. The molecule has 1 aliphatic carbocycles. The third-order valence-electron chi connectivity index (χ3n) is 7.26. The maximum Gasteiger partial charge on any atom is 0.433 e. The quantitative estimate of drug-likeness (QED) is 0.373. The highest BCUT2D eigenvalue weighted by Crippen LogP contribution is 2.47. The number of aromatic nitrogens is 3. The van der Waals surface area contributed by atoms with Gasteiger partial charge in [-0.2, -0.15) is 18.3 Å². The van der Waals surface area contributed by atoms with E-state index in [0.29, 0.717) is 0 Å². The number of aliphatic carboxylic acids is 1. The highest BCUT2D eigenvalue weighted by molar-refractivity contribution is 6.39. The first-order valence-electron chi connectivity index (χ1n) is 12.4. The minimum atomic E-state index is -4.94. The lowest BCUT2D eigenvalue weighted by Gasteiger charge is -2.40. The van der Waals surface area contributed by atoms with Crippen molar-refractivity contribution in [3.63, 3.8) is 0 Å². The van der Waals surface area contributed by atoms with Crippen LogP contribution in [0.1, 0.15) is 86.3 Å². The molecule has 0 bridgehead atoms. The zero-order chi connectivity index (χ0) is 29.5. The number of Topliss-reactive ketones (excluding diaryl/α,β-unsaturated/α-hetero) is 1. The van der Waals surface area contributed by atoms with Gasteiger partial charge in [-0.05, 0) is 37.5 Å². The molecule has 8 nitrogen and oxygen atoms in total. The van der Waals surface area contributed by atoms with Gasteiger partial charge in [0.1, 0.15) is 0 Å². The van der Waals surface area contributed by atoms with Crippen molar-refractivity contribution in [2.45, 2.75) is 66.1 Å². The summed E-state index contributed by atoms with van der Waals surface area (Å²) in [5, 5.41) is 13.5. The topological polar surface area (TPSA) is 105 Å². The number of carbonyl (C=O) groups is 3. The van der Waals surface area contributed by atoms with Crippen molar-refractivity contribution in [3.8, 4) is 0 Å². The van der Waals surface area contributed by atoms with Crippen LogP contribution in [-0.2, 0) is 11.0 Å². The van der Waals surface area contributed by atoms with Crippen molar-refractivity contribution in [2.24, 2.45) is 16.7 Å². The Morgan fingerprint density at radius 2 is 1.74 bits per heavy atom. The lowest BCUT2D eigenvalue weighted by molar-refractivity contribution is -0.155. The molecule has 214 valence electrons. The van der Waals surface area contributed by atoms with Crippen LogP contribution in [0.25, 0.3) is 0 Å². The number of alkyl halides is 3.